The zero-order valence-electron chi connectivity index (χ0n) is 9.99. The quantitative estimate of drug-likeness (QED) is 0.781. The molecule has 0 aliphatic heterocycles. The summed E-state index contributed by atoms with van der Waals surface area (Å²) in [6.07, 6.45) is 2.93. The topological polar surface area (TPSA) is 22.0 Å². The summed E-state index contributed by atoms with van der Waals surface area (Å²) >= 11 is 1.62. The average molecular weight is 235 g/mol. The van der Waals surface area contributed by atoms with Gasteiger partial charge in [0, 0.05) is 17.4 Å². The number of nitrogens with zero attached hydrogens (tertiary/aromatic N) is 1. The molecule has 0 aliphatic rings. The van der Waals surface area contributed by atoms with Crippen LogP contribution < -0.4 is 5.56 Å². The molecule has 0 amide bonds. The van der Waals surface area contributed by atoms with E-state index in [1.54, 1.807) is 11.3 Å². The second-order valence-electron chi connectivity index (χ2n) is 5.32. The lowest BCUT2D eigenvalue weighted by molar-refractivity contribution is 0.348. The molecule has 0 saturated carbocycles. The van der Waals surface area contributed by atoms with E-state index in [4.69, 9.17) is 0 Å². The van der Waals surface area contributed by atoms with Crippen molar-refractivity contribution in [3.05, 3.63) is 34.1 Å². The monoisotopic (exact) mass is 235 g/mol. The van der Waals surface area contributed by atoms with Crippen LogP contribution in [0.4, 0.5) is 0 Å². The van der Waals surface area contributed by atoms with Gasteiger partial charge in [0.1, 0.15) is 0 Å². The summed E-state index contributed by atoms with van der Waals surface area (Å²) in [7, 11) is 0. The van der Waals surface area contributed by atoms with Gasteiger partial charge in [-0.1, -0.05) is 20.8 Å². The van der Waals surface area contributed by atoms with Gasteiger partial charge >= 0.3 is 0 Å². The van der Waals surface area contributed by atoms with Crippen molar-refractivity contribution < 1.29 is 0 Å². The molecule has 0 aromatic carbocycles. The van der Waals surface area contributed by atoms with Gasteiger partial charge in [-0.15, -0.1) is 11.3 Å². The van der Waals surface area contributed by atoms with Gasteiger partial charge < -0.3 is 4.57 Å². The highest BCUT2D eigenvalue weighted by Gasteiger charge is 2.11. The van der Waals surface area contributed by atoms with Gasteiger partial charge in [0.25, 0.3) is 5.56 Å². The highest BCUT2D eigenvalue weighted by Crippen LogP contribution is 2.20. The Balaban J connectivity index is 2.31. The minimum atomic E-state index is 0.142. The average Bonchev–Trinajstić information content (AvgIpc) is 2.64. The first-order chi connectivity index (χ1) is 7.47. The summed E-state index contributed by atoms with van der Waals surface area (Å²) in [5.74, 6) is 0. The number of hydrogen-bond acceptors (Lipinski definition) is 2. The number of hydrogen-bond donors (Lipinski definition) is 0. The maximum atomic E-state index is 12.1. The molecule has 0 fully saturated rings. The molecule has 16 heavy (non-hydrogen) atoms. The van der Waals surface area contributed by atoms with Gasteiger partial charge in [-0.05, 0) is 29.3 Å². The van der Waals surface area contributed by atoms with Crippen molar-refractivity contribution in [3.63, 3.8) is 0 Å². The Morgan fingerprint density at radius 3 is 2.75 bits per heavy atom. The van der Waals surface area contributed by atoms with Crippen LogP contribution in [0.5, 0.6) is 0 Å². The van der Waals surface area contributed by atoms with Crippen molar-refractivity contribution in [2.24, 2.45) is 5.41 Å². The first-order valence-electron chi connectivity index (χ1n) is 5.54. The van der Waals surface area contributed by atoms with Gasteiger partial charge in [-0.2, -0.15) is 0 Å². The largest absolute Gasteiger partial charge is 0.315 e. The van der Waals surface area contributed by atoms with E-state index in [9.17, 15) is 4.79 Å². The molecule has 2 nitrogen and oxygen atoms in total. The van der Waals surface area contributed by atoms with Gasteiger partial charge in [-0.25, -0.2) is 0 Å². The van der Waals surface area contributed by atoms with Crippen molar-refractivity contribution >= 4 is 21.4 Å². The molecule has 2 heterocycles. The molecule has 0 unspecified atom stereocenters. The van der Waals surface area contributed by atoms with Crippen LogP contribution in [0.3, 0.4) is 0 Å². The minimum Gasteiger partial charge on any atom is -0.315 e. The molecule has 2 aromatic rings. The highest BCUT2D eigenvalue weighted by molar-refractivity contribution is 7.17. The summed E-state index contributed by atoms with van der Waals surface area (Å²) in [5.41, 5.74) is 0.409. The fourth-order valence-corrected chi connectivity index (χ4v) is 2.41. The number of thiophene rings is 1. The lowest BCUT2D eigenvalue weighted by Crippen LogP contribution is -2.21. The van der Waals surface area contributed by atoms with Gasteiger partial charge in [0.15, 0.2) is 0 Å². The van der Waals surface area contributed by atoms with Crippen LogP contribution >= 0.6 is 11.3 Å². The van der Waals surface area contributed by atoms with Crippen LogP contribution in [-0.2, 0) is 6.54 Å². The van der Waals surface area contributed by atoms with E-state index in [0.717, 1.165) is 23.1 Å². The Kier molecular flexibility index (Phi) is 2.89. The first-order valence-corrected chi connectivity index (χ1v) is 6.42. The molecule has 0 spiro atoms. The van der Waals surface area contributed by atoms with Gasteiger partial charge in [0.2, 0.25) is 0 Å². The van der Waals surface area contributed by atoms with E-state index in [1.807, 2.05) is 28.3 Å². The highest BCUT2D eigenvalue weighted by atomic mass is 32.1. The molecular weight excluding hydrogens is 218 g/mol. The number of rotatable bonds is 2. The van der Waals surface area contributed by atoms with Crippen LogP contribution in [0.15, 0.2) is 28.5 Å². The summed E-state index contributed by atoms with van der Waals surface area (Å²) in [4.78, 5) is 12.1. The Labute approximate surface area is 99.5 Å². The minimum absolute atomic E-state index is 0.142. The first kappa shape index (κ1) is 11.4. The maximum Gasteiger partial charge on any atom is 0.259 e. The zero-order valence-corrected chi connectivity index (χ0v) is 10.8. The van der Waals surface area contributed by atoms with Gasteiger partial charge in [0.05, 0.1) is 5.39 Å². The fraction of sp³-hybridized carbons (Fsp3) is 0.462. The van der Waals surface area contributed by atoms with Crippen LogP contribution in [0.1, 0.15) is 27.2 Å². The molecule has 0 aliphatic carbocycles. The van der Waals surface area contributed by atoms with Crippen LogP contribution in [0, 0.1) is 5.41 Å². The van der Waals surface area contributed by atoms with E-state index in [1.165, 1.54) is 0 Å². The normalized spacial score (nSPS) is 12.2. The third-order valence-corrected chi connectivity index (χ3v) is 3.58. The predicted molar refractivity (Wildman–Crippen MR) is 70.2 cm³/mol. The second kappa shape index (κ2) is 4.06. The van der Waals surface area contributed by atoms with E-state index in [2.05, 4.69) is 20.8 Å². The van der Waals surface area contributed by atoms with Crippen molar-refractivity contribution in [2.75, 3.05) is 0 Å². The molecule has 0 N–H and O–H groups in total. The summed E-state index contributed by atoms with van der Waals surface area (Å²) in [5, 5.41) is 2.82. The number of pyridine rings is 1. The Morgan fingerprint density at radius 1 is 1.31 bits per heavy atom. The number of aromatic nitrogens is 1. The lowest BCUT2D eigenvalue weighted by atomic mass is 9.92. The SMILES string of the molecule is CC(C)(C)CCn1ccc2sccc2c1=O. The number of fused-ring (bicyclic) bond motifs is 1. The van der Waals surface area contributed by atoms with E-state index in [-0.39, 0.29) is 11.0 Å². The molecule has 3 heteroatoms. The third-order valence-electron chi connectivity index (χ3n) is 2.70. The van der Waals surface area contributed by atoms with Crippen molar-refractivity contribution in [3.8, 4) is 0 Å². The molecular formula is C13H17NOS. The summed E-state index contributed by atoms with van der Waals surface area (Å²) in [6, 6.07) is 3.94. The predicted octanol–water partition coefficient (Wildman–Crippen LogP) is 3.50. The molecule has 86 valence electrons. The maximum absolute atomic E-state index is 12.1. The third kappa shape index (κ3) is 2.35. The van der Waals surface area contributed by atoms with Crippen LogP contribution in [0.25, 0.3) is 10.1 Å². The Bertz CT molecular complexity index is 545. The van der Waals surface area contributed by atoms with Crippen molar-refractivity contribution in [1.29, 1.82) is 0 Å². The zero-order chi connectivity index (χ0) is 11.8. The lowest BCUT2D eigenvalue weighted by Gasteiger charge is -2.18. The van der Waals surface area contributed by atoms with Gasteiger partial charge in [-0.3, -0.25) is 4.79 Å². The molecule has 0 bridgehead atoms. The molecule has 0 radical (unpaired) electrons. The van der Waals surface area contributed by atoms with Crippen molar-refractivity contribution in [2.45, 2.75) is 33.7 Å². The number of aryl methyl sites for hydroxylation is 1. The Hall–Kier alpha value is -1.09. The Morgan fingerprint density at radius 2 is 2.06 bits per heavy atom. The van der Waals surface area contributed by atoms with Crippen LogP contribution in [-0.4, -0.2) is 4.57 Å². The summed E-state index contributed by atoms with van der Waals surface area (Å²) < 4.78 is 2.90. The standard InChI is InChI=1S/C13H17NOS/c1-13(2,3)6-8-14-7-4-11-10(12(14)15)5-9-16-11/h4-5,7,9H,6,8H2,1-3H3. The van der Waals surface area contributed by atoms with E-state index < -0.39 is 0 Å². The smallest absolute Gasteiger partial charge is 0.259 e. The molecule has 0 atom stereocenters. The summed E-state index contributed by atoms with van der Waals surface area (Å²) in [6.45, 7) is 7.39. The van der Waals surface area contributed by atoms with E-state index in [0.29, 0.717) is 0 Å². The second-order valence-corrected chi connectivity index (χ2v) is 6.27. The van der Waals surface area contributed by atoms with E-state index >= 15 is 0 Å². The molecule has 2 aromatic heterocycles. The molecule has 2 rings (SSSR count). The van der Waals surface area contributed by atoms with Crippen molar-refractivity contribution in [1.82, 2.24) is 4.57 Å². The fourth-order valence-electron chi connectivity index (χ4n) is 1.64. The molecule has 0 saturated heterocycles. The van der Waals surface area contributed by atoms with Crippen LogP contribution in [0.2, 0.25) is 0 Å².